The van der Waals surface area contributed by atoms with Crippen molar-refractivity contribution in [1.82, 2.24) is 19.9 Å². The van der Waals surface area contributed by atoms with Gasteiger partial charge in [0, 0.05) is 17.9 Å². The quantitative estimate of drug-likeness (QED) is 0.922. The molecule has 0 spiro atoms. The van der Waals surface area contributed by atoms with Gasteiger partial charge in [-0.25, -0.2) is 9.50 Å². The smallest absolute Gasteiger partial charge is 0.256 e. The van der Waals surface area contributed by atoms with Crippen molar-refractivity contribution in [3.05, 3.63) is 29.2 Å². The summed E-state index contributed by atoms with van der Waals surface area (Å²) in [6.45, 7) is 4.53. The molecule has 4 rings (SSSR count). The molecule has 0 radical (unpaired) electrons. The molecule has 24 heavy (non-hydrogen) atoms. The first-order valence-corrected chi connectivity index (χ1v) is 9.30. The van der Waals surface area contributed by atoms with Crippen LogP contribution in [0.2, 0.25) is 0 Å². The van der Waals surface area contributed by atoms with Gasteiger partial charge in [0.25, 0.3) is 5.91 Å². The minimum atomic E-state index is -0.0285. The average molecular weight is 326 g/mol. The second-order valence-corrected chi connectivity index (χ2v) is 7.58. The summed E-state index contributed by atoms with van der Waals surface area (Å²) in [6, 6.07) is 0.258. The minimum Gasteiger partial charge on any atom is -0.349 e. The van der Waals surface area contributed by atoms with Gasteiger partial charge in [-0.2, -0.15) is 5.10 Å². The molecule has 5 heteroatoms. The van der Waals surface area contributed by atoms with Crippen molar-refractivity contribution < 1.29 is 4.79 Å². The van der Waals surface area contributed by atoms with Crippen LogP contribution in [0.15, 0.2) is 12.4 Å². The highest BCUT2D eigenvalue weighted by Gasteiger charge is 2.29. The maximum absolute atomic E-state index is 12.8. The zero-order valence-corrected chi connectivity index (χ0v) is 14.6. The molecule has 0 aromatic carbocycles. The van der Waals surface area contributed by atoms with Crippen LogP contribution in [-0.2, 0) is 12.8 Å². The lowest BCUT2D eigenvalue weighted by atomic mass is 9.78. The van der Waals surface area contributed by atoms with Crippen LogP contribution in [0.3, 0.4) is 0 Å². The summed E-state index contributed by atoms with van der Waals surface area (Å²) >= 11 is 0. The van der Waals surface area contributed by atoms with Crippen LogP contribution < -0.4 is 5.32 Å². The van der Waals surface area contributed by atoms with Gasteiger partial charge in [0.1, 0.15) is 5.56 Å². The standard InChI is InChI=1S/C19H26N4O/c1-12-6-5-8-16(13(12)2)22-19(24)15-11-21-23-17-9-4-3-7-14(17)10-20-18(15)23/h10-13,16H,3-9H2,1-2H3,(H,22,24)/t12-,13+,16-/m1/s1. The van der Waals surface area contributed by atoms with Crippen molar-refractivity contribution in [2.45, 2.75) is 64.8 Å². The number of hydrogen-bond acceptors (Lipinski definition) is 3. The highest BCUT2D eigenvalue weighted by Crippen LogP contribution is 2.30. The van der Waals surface area contributed by atoms with Gasteiger partial charge in [-0.15, -0.1) is 0 Å². The molecule has 0 unspecified atom stereocenters. The topological polar surface area (TPSA) is 59.3 Å². The number of amides is 1. The molecule has 1 fully saturated rings. The van der Waals surface area contributed by atoms with E-state index in [1.54, 1.807) is 6.20 Å². The summed E-state index contributed by atoms with van der Waals surface area (Å²) in [5.74, 6) is 1.16. The SMILES string of the molecule is C[C@H]1[C@H](C)CCC[C@H]1NC(=O)c1cnn2c3c(cnc12)CCCC3. The molecule has 1 saturated carbocycles. The molecule has 2 aromatic heterocycles. The van der Waals surface area contributed by atoms with E-state index in [2.05, 4.69) is 29.2 Å². The molecule has 5 nitrogen and oxygen atoms in total. The molecule has 2 heterocycles. The number of aryl methyl sites for hydroxylation is 2. The zero-order chi connectivity index (χ0) is 16.7. The molecule has 2 aliphatic carbocycles. The van der Waals surface area contributed by atoms with Gasteiger partial charge < -0.3 is 5.32 Å². The van der Waals surface area contributed by atoms with Gasteiger partial charge >= 0.3 is 0 Å². The van der Waals surface area contributed by atoms with Crippen molar-refractivity contribution in [3.8, 4) is 0 Å². The van der Waals surface area contributed by atoms with E-state index in [-0.39, 0.29) is 11.9 Å². The molecular weight excluding hydrogens is 300 g/mol. The molecule has 0 saturated heterocycles. The Morgan fingerprint density at radius 2 is 2.00 bits per heavy atom. The number of aromatic nitrogens is 3. The van der Waals surface area contributed by atoms with Gasteiger partial charge in [-0.05, 0) is 49.5 Å². The Morgan fingerprint density at radius 3 is 2.88 bits per heavy atom. The fraction of sp³-hybridized carbons (Fsp3) is 0.632. The van der Waals surface area contributed by atoms with E-state index in [4.69, 9.17) is 0 Å². The number of hydrogen-bond donors (Lipinski definition) is 1. The molecule has 2 aliphatic rings. The summed E-state index contributed by atoms with van der Waals surface area (Å²) in [5, 5.41) is 7.71. The maximum atomic E-state index is 12.8. The first-order chi connectivity index (χ1) is 11.6. The maximum Gasteiger partial charge on any atom is 0.256 e. The molecular formula is C19H26N4O. The fourth-order valence-corrected chi connectivity index (χ4v) is 4.29. The summed E-state index contributed by atoms with van der Waals surface area (Å²) in [5.41, 5.74) is 3.81. The zero-order valence-electron chi connectivity index (χ0n) is 14.6. The number of carbonyl (C=O) groups is 1. The van der Waals surface area contributed by atoms with Gasteiger partial charge in [-0.3, -0.25) is 4.79 Å². The monoisotopic (exact) mass is 326 g/mol. The number of rotatable bonds is 2. The lowest BCUT2D eigenvalue weighted by molar-refractivity contribution is 0.0892. The third kappa shape index (κ3) is 2.60. The summed E-state index contributed by atoms with van der Waals surface area (Å²) in [6.07, 6.45) is 11.6. The Balaban J connectivity index is 1.61. The number of nitrogens with zero attached hydrogens (tertiary/aromatic N) is 3. The summed E-state index contributed by atoms with van der Waals surface area (Å²) < 4.78 is 1.89. The molecule has 3 atom stereocenters. The second kappa shape index (κ2) is 6.19. The van der Waals surface area contributed by atoms with Crippen molar-refractivity contribution in [3.63, 3.8) is 0 Å². The third-order valence-electron chi connectivity index (χ3n) is 6.09. The Hall–Kier alpha value is -1.91. The van der Waals surface area contributed by atoms with E-state index < -0.39 is 0 Å². The van der Waals surface area contributed by atoms with Gasteiger partial charge in [0.2, 0.25) is 0 Å². The Labute approximate surface area is 142 Å². The Kier molecular flexibility index (Phi) is 4.02. The highest BCUT2D eigenvalue weighted by atomic mass is 16.1. The Morgan fingerprint density at radius 1 is 1.17 bits per heavy atom. The summed E-state index contributed by atoms with van der Waals surface area (Å²) in [7, 11) is 0. The van der Waals surface area contributed by atoms with Crippen LogP contribution in [0, 0.1) is 11.8 Å². The van der Waals surface area contributed by atoms with Crippen molar-refractivity contribution >= 4 is 11.6 Å². The minimum absolute atomic E-state index is 0.0285. The molecule has 128 valence electrons. The normalized spacial score (nSPS) is 27.0. The fourth-order valence-electron chi connectivity index (χ4n) is 4.29. The average Bonchev–Trinajstić information content (AvgIpc) is 3.03. The van der Waals surface area contributed by atoms with Crippen molar-refractivity contribution in [2.75, 3.05) is 0 Å². The second-order valence-electron chi connectivity index (χ2n) is 7.58. The predicted octanol–water partition coefficient (Wildman–Crippen LogP) is 3.16. The number of fused-ring (bicyclic) bond motifs is 3. The third-order valence-corrected chi connectivity index (χ3v) is 6.09. The molecule has 2 aromatic rings. The molecule has 0 bridgehead atoms. The van der Waals surface area contributed by atoms with Crippen LogP contribution in [-0.4, -0.2) is 26.5 Å². The summed E-state index contributed by atoms with van der Waals surface area (Å²) in [4.78, 5) is 17.3. The highest BCUT2D eigenvalue weighted by molar-refractivity contribution is 5.99. The molecule has 1 amide bonds. The van der Waals surface area contributed by atoms with E-state index in [1.807, 2.05) is 10.7 Å². The van der Waals surface area contributed by atoms with E-state index in [0.717, 1.165) is 19.3 Å². The van der Waals surface area contributed by atoms with Crippen LogP contribution >= 0.6 is 0 Å². The van der Waals surface area contributed by atoms with E-state index in [9.17, 15) is 4.79 Å². The van der Waals surface area contributed by atoms with Gasteiger partial charge in [0.05, 0.1) is 6.20 Å². The predicted molar refractivity (Wildman–Crippen MR) is 93.1 cm³/mol. The van der Waals surface area contributed by atoms with Crippen LogP contribution in [0.1, 0.15) is 67.6 Å². The lowest BCUT2D eigenvalue weighted by Crippen LogP contribution is -2.43. The van der Waals surface area contributed by atoms with E-state index in [0.29, 0.717) is 23.0 Å². The van der Waals surface area contributed by atoms with Gasteiger partial charge in [-0.1, -0.05) is 26.7 Å². The van der Waals surface area contributed by atoms with Crippen molar-refractivity contribution in [1.29, 1.82) is 0 Å². The van der Waals surface area contributed by atoms with E-state index >= 15 is 0 Å². The first-order valence-electron chi connectivity index (χ1n) is 9.30. The van der Waals surface area contributed by atoms with Crippen LogP contribution in [0.25, 0.3) is 5.65 Å². The number of nitrogens with one attached hydrogen (secondary N) is 1. The Bertz CT molecular complexity index is 766. The van der Waals surface area contributed by atoms with Gasteiger partial charge in [0.15, 0.2) is 5.65 Å². The van der Waals surface area contributed by atoms with Crippen molar-refractivity contribution in [2.24, 2.45) is 11.8 Å². The molecule has 0 aliphatic heterocycles. The largest absolute Gasteiger partial charge is 0.349 e. The van der Waals surface area contributed by atoms with Crippen LogP contribution in [0.4, 0.5) is 0 Å². The lowest BCUT2D eigenvalue weighted by Gasteiger charge is -2.34. The number of carbonyl (C=O) groups excluding carboxylic acids is 1. The van der Waals surface area contributed by atoms with E-state index in [1.165, 1.54) is 36.9 Å². The first kappa shape index (κ1) is 15.6. The molecule has 1 N–H and O–H groups in total. The van der Waals surface area contributed by atoms with Crippen LogP contribution in [0.5, 0.6) is 0 Å².